The van der Waals surface area contributed by atoms with Gasteiger partial charge in [-0.05, 0) is 81.4 Å². The number of hydrogen-bond donors (Lipinski definition) is 1. The fraction of sp³-hybridized carbons (Fsp3) is 0.565. The number of ether oxygens (including phenoxy) is 2. The van der Waals surface area contributed by atoms with E-state index in [0.717, 1.165) is 55.6 Å². The number of hydrogen-bond acceptors (Lipinski definition) is 4. The van der Waals surface area contributed by atoms with E-state index in [0.29, 0.717) is 17.4 Å². The molecule has 3 aliphatic rings. The van der Waals surface area contributed by atoms with Crippen LogP contribution in [0, 0.1) is 0 Å². The molecule has 1 aliphatic heterocycles. The molecule has 0 radical (unpaired) electrons. The molecule has 3 fully saturated rings. The highest BCUT2D eigenvalue weighted by molar-refractivity contribution is 7.80. The van der Waals surface area contributed by atoms with Crippen molar-refractivity contribution in [3.63, 3.8) is 0 Å². The molecular weight excluding hydrogens is 384 g/mol. The van der Waals surface area contributed by atoms with Crippen LogP contribution >= 0.6 is 12.2 Å². The zero-order valence-electron chi connectivity index (χ0n) is 17.1. The van der Waals surface area contributed by atoms with Crippen molar-refractivity contribution in [3.05, 3.63) is 29.5 Å². The molecule has 0 spiro atoms. The Labute approximate surface area is 178 Å². The molecule has 29 heavy (non-hydrogen) atoms. The maximum atomic E-state index is 13.0. The molecule has 1 aromatic carbocycles. The number of amides is 1. The summed E-state index contributed by atoms with van der Waals surface area (Å²) in [6, 6.07) is 6.10. The number of carbonyl (C=O) groups is 1. The molecule has 2 saturated carbocycles. The lowest BCUT2D eigenvalue weighted by atomic mass is 9.94. The van der Waals surface area contributed by atoms with Crippen LogP contribution in [0.5, 0.6) is 11.5 Å². The van der Waals surface area contributed by atoms with Gasteiger partial charge in [0.25, 0.3) is 5.91 Å². The standard InChI is InChI=1S/C23H30N2O3S/c1-2-27-21-15-16(12-13-20(21)28-18-10-6-7-11-18)14-19-22(26)25(23(29)24-19)17-8-4-3-5-9-17/h12-15,17-18H,2-11H2,1H3,(H,24,29)/b19-14+. The Bertz CT molecular complexity index is 795. The van der Waals surface area contributed by atoms with E-state index in [9.17, 15) is 4.79 Å². The summed E-state index contributed by atoms with van der Waals surface area (Å²) in [5.41, 5.74) is 1.43. The minimum absolute atomic E-state index is 0.0221. The van der Waals surface area contributed by atoms with Crippen molar-refractivity contribution in [2.45, 2.75) is 76.9 Å². The van der Waals surface area contributed by atoms with Crippen molar-refractivity contribution in [1.29, 1.82) is 0 Å². The maximum absolute atomic E-state index is 13.0. The monoisotopic (exact) mass is 414 g/mol. The minimum atomic E-state index is -0.0221. The number of rotatable bonds is 6. The van der Waals surface area contributed by atoms with Gasteiger partial charge in [0.15, 0.2) is 16.6 Å². The summed E-state index contributed by atoms with van der Waals surface area (Å²) < 4.78 is 12.0. The molecule has 5 nitrogen and oxygen atoms in total. The van der Waals surface area contributed by atoms with Gasteiger partial charge in [-0.3, -0.25) is 9.69 Å². The summed E-state index contributed by atoms with van der Waals surface area (Å²) in [4.78, 5) is 14.8. The van der Waals surface area contributed by atoms with Crippen molar-refractivity contribution in [2.24, 2.45) is 0 Å². The molecule has 2 aliphatic carbocycles. The third kappa shape index (κ3) is 4.58. The summed E-state index contributed by atoms with van der Waals surface area (Å²) in [7, 11) is 0. The summed E-state index contributed by atoms with van der Waals surface area (Å²) in [5.74, 6) is 1.49. The van der Waals surface area contributed by atoms with Crippen LogP contribution < -0.4 is 14.8 Å². The smallest absolute Gasteiger partial charge is 0.276 e. The van der Waals surface area contributed by atoms with Crippen molar-refractivity contribution in [3.8, 4) is 11.5 Å². The Morgan fingerprint density at radius 3 is 2.55 bits per heavy atom. The van der Waals surface area contributed by atoms with Gasteiger partial charge >= 0.3 is 0 Å². The zero-order chi connectivity index (χ0) is 20.2. The van der Waals surface area contributed by atoms with Crippen molar-refractivity contribution < 1.29 is 14.3 Å². The third-order valence-corrected chi connectivity index (χ3v) is 6.32. The van der Waals surface area contributed by atoms with Gasteiger partial charge in [0, 0.05) is 6.04 Å². The van der Waals surface area contributed by atoms with Crippen LogP contribution in [0.15, 0.2) is 23.9 Å². The number of thiocarbonyl (C=S) groups is 1. The van der Waals surface area contributed by atoms with Gasteiger partial charge in [-0.25, -0.2) is 0 Å². The topological polar surface area (TPSA) is 50.8 Å². The SMILES string of the molecule is CCOc1cc(/C=C2/NC(=S)N(C3CCCCC3)C2=O)ccc1OC1CCCC1. The fourth-order valence-corrected chi connectivity index (χ4v) is 4.89. The maximum Gasteiger partial charge on any atom is 0.276 e. The molecule has 1 heterocycles. The Morgan fingerprint density at radius 2 is 1.83 bits per heavy atom. The Balaban J connectivity index is 1.52. The molecule has 0 bridgehead atoms. The summed E-state index contributed by atoms with van der Waals surface area (Å²) in [5, 5.41) is 3.65. The molecule has 0 unspecified atom stereocenters. The first-order valence-electron chi connectivity index (χ1n) is 11.0. The molecule has 1 aromatic rings. The van der Waals surface area contributed by atoms with E-state index in [1.165, 1.54) is 19.3 Å². The second-order valence-corrected chi connectivity index (χ2v) is 8.51. The van der Waals surface area contributed by atoms with E-state index in [1.807, 2.05) is 31.2 Å². The Hall–Kier alpha value is -2.08. The second-order valence-electron chi connectivity index (χ2n) is 8.12. The number of nitrogens with zero attached hydrogens (tertiary/aromatic N) is 1. The molecule has 0 atom stereocenters. The lowest BCUT2D eigenvalue weighted by Crippen LogP contribution is -2.41. The first-order valence-corrected chi connectivity index (χ1v) is 11.4. The first-order chi connectivity index (χ1) is 14.2. The van der Waals surface area contributed by atoms with Gasteiger partial charge in [-0.2, -0.15) is 0 Å². The highest BCUT2D eigenvalue weighted by atomic mass is 32.1. The number of carbonyl (C=O) groups excluding carboxylic acids is 1. The quantitative estimate of drug-likeness (QED) is 0.535. The molecule has 0 aromatic heterocycles. The van der Waals surface area contributed by atoms with Gasteiger partial charge in [0.2, 0.25) is 0 Å². The molecule has 1 amide bonds. The number of benzene rings is 1. The van der Waals surface area contributed by atoms with E-state index in [2.05, 4.69) is 5.32 Å². The largest absolute Gasteiger partial charge is 0.490 e. The predicted molar refractivity (Wildman–Crippen MR) is 118 cm³/mol. The summed E-state index contributed by atoms with van der Waals surface area (Å²) in [6.07, 6.45) is 12.4. The van der Waals surface area contributed by atoms with Crippen LogP contribution in [0.25, 0.3) is 6.08 Å². The van der Waals surface area contributed by atoms with Gasteiger partial charge in [-0.1, -0.05) is 25.3 Å². The van der Waals surface area contributed by atoms with Crippen LogP contribution in [0.4, 0.5) is 0 Å². The molecule has 6 heteroatoms. The third-order valence-electron chi connectivity index (χ3n) is 6.02. The second kappa shape index (κ2) is 9.16. The molecule has 1 N–H and O–H groups in total. The van der Waals surface area contributed by atoms with E-state index in [4.69, 9.17) is 21.7 Å². The van der Waals surface area contributed by atoms with Gasteiger partial charge < -0.3 is 14.8 Å². The van der Waals surface area contributed by atoms with E-state index in [-0.39, 0.29) is 18.1 Å². The van der Waals surface area contributed by atoms with Crippen LogP contribution in [0.1, 0.15) is 70.3 Å². The zero-order valence-corrected chi connectivity index (χ0v) is 17.9. The fourth-order valence-electron chi connectivity index (χ4n) is 4.55. The molecule has 156 valence electrons. The van der Waals surface area contributed by atoms with Gasteiger partial charge in [-0.15, -0.1) is 0 Å². The van der Waals surface area contributed by atoms with E-state index < -0.39 is 0 Å². The van der Waals surface area contributed by atoms with Gasteiger partial charge in [0.05, 0.1) is 12.7 Å². The van der Waals surface area contributed by atoms with Gasteiger partial charge in [0.1, 0.15) is 5.70 Å². The molecule has 1 saturated heterocycles. The highest BCUT2D eigenvalue weighted by Gasteiger charge is 2.36. The lowest BCUT2D eigenvalue weighted by molar-refractivity contribution is -0.124. The van der Waals surface area contributed by atoms with E-state index >= 15 is 0 Å². The average molecular weight is 415 g/mol. The normalized spacial score (nSPS) is 22.4. The average Bonchev–Trinajstić information content (AvgIpc) is 3.33. The van der Waals surface area contributed by atoms with Crippen molar-refractivity contribution in [2.75, 3.05) is 6.61 Å². The van der Waals surface area contributed by atoms with Crippen LogP contribution in [-0.4, -0.2) is 34.7 Å². The highest BCUT2D eigenvalue weighted by Crippen LogP contribution is 2.34. The summed E-state index contributed by atoms with van der Waals surface area (Å²) in [6.45, 7) is 2.53. The molecular formula is C23H30N2O3S. The molecule has 4 rings (SSSR count). The van der Waals surface area contributed by atoms with Crippen LogP contribution in [0.2, 0.25) is 0 Å². The predicted octanol–water partition coefficient (Wildman–Crippen LogP) is 4.80. The van der Waals surface area contributed by atoms with Crippen LogP contribution in [0.3, 0.4) is 0 Å². The Kier molecular flexibility index (Phi) is 6.38. The lowest BCUT2D eigenvalue weighted by Gasteiger charge is -2.29. The number of nitrogens with one attached hydrogen (secondary N) is 1. The van der Waals surface area contributed by atoms with Crippen molar-refractivity contribution in [1.82, 2.24) is 10.2 Å². The summed E-state index contributed by atoms with van der Waals surface area (Å²) >= 11 is 5.47. The minimum Gasteiger partial charge on any atom is -0.490 e. The Morgan fingerprint density at radius 1 is 1.10 bits per heavy atom. The van der Waals surface area contributed by atoms with Crippen LogP contribution in [-0.2, 0) is 4.79 Å². The van der Waals surface area contributed by atoms with E-state index in [1.54, 1.807) is 4.90 Å². The van der Waals surface area contributed by atoms with Crippen molar-refractivity contribution >= 4 is 29.3 Å². The first kappa shape index (κ1) is 20.2.